The molecule has 0 radical (unpaired) electrons. The predicted octanol–water partition coefficient (Wildman–Crippen LogP) is 0.449. The molecule has 5 heteroatoms. The SMILES string of the molecule is CNCCC(=O)NCCc1ccc2c(c1)CC(=O)N2. The summed E-state index contributed by atoms with van der Waals surface area (Å²) >= 11 is 0. The van der Waals surface area contributed by atoms with E-state index in [1.165, 1.54) is 0 Å². The number of fused-ring (bicyclic) bond motifs is 1. The first-order valence-electron chi connectivity index (χ1n) is 6.52. The van der Waals surface area contributed by atoms with Gasteiger partial charge in [-0.15, -0.1) is 0 Å². The maximum atomic E-state index is 11.4. The molecule has 1 aliphatic rings. The first-order valence-corrected chi connectivity index (χ1v) is 6.52. The van der Waals surface area contributed by atoms with Gasteiger partial charge in [-0.25, -0.2) is 0 Å². The van der Waals surface area contributed by atoms with Crippen molar-refractivity contribution >= 4 is 17.5 Å². The molecule has 5 nitrogen and oxygen atoms in total. The fourth-order valence-corrected chi connectivity index (χ4v) is 2.11. The van der Waals surface area contributed by atoms with E-state index in [0.717, 1.165) is 23.2 Å². The summed E-state index contributed by atoms with van der Waals surface area (Å²) in [5, 5.41) is 8.63. The van der Waals surface area contributed by atoms with E-state index in [1.807, 2.05) is 25.2 Å². The molecular weight excluding hydrogens is 242 g/mol. The van der Waals surface area contributed by atoms with E-state index in [9.17, 15) is 9.59 Å². The van der Waals surface area contributed by atoms with Crippen molar-refractivity contribution in [2.45, 2.75) is 19.3 Å². The Labute approximate surface area is 112 Å². The van der Waals surface area contributed by atoms with Crippen LogP contribution in [-0.2, 0) is 22.4 Å². The van der Waals surface area contributed by atoms with Gasteiger partial charge in [-0.3, -0.25) is 9.59 Å². The average molecular weight is 261 g/mol. The molecule has 0 saturated heterocycles. The lowest BCUT2D eigenvalue weighted by atomic mass is 10.1. The molecule has 1 heterocycles. The maximum Gasteiger partial charge on any atom is 0.228 e. The minimum Gasteiger partial charge on any atom is -0.356 e. The van der Waals surface area contributed by atoms with Crippen molar-refractivity contribution in [2.75, 3.05) is 25.5 Å². The van der Waals surface area contributed by atoms with Crippen LogP contribution in [0.3, 0.4) is 0 Å². The highest BCUT2D eigenvalue weighted by Gasteiger charge is 2.17. The number of hydrogen-bond acceptors (Lipinski definition) is 3. The van der Waals surface area contributed by atoms with Crippen LogP contribution in [0.4, 0.5) is 5.69 Å². The lowest BCUT2D eigenvalue weighted by Gasteiger charge is -2.06. The van der Waals surface area contributed by atoms with Gasteiger partial charge in [0.15, 0.2) is 0 Å². The highest BCUT2D eigenvalue weighted by Crippen LogP contribution is 2.23. The lowest BCUT2D eigenvalue weighted by molar-refractivity contribution is -0.121. The molecule has 0 aliphatic carbocycles. The monoisotopic (exact) mass is 261 g/mol. The Morgan fingerprint density at radius 2 is 2.21 bits per heavy atom. The molecule has 2 amide bonds. The van der Waals surface area contributed by atoms with Gasteiger partial charge in [0.2, 0.25) is 11.8 Å². The molecule has 1 aliphatic heterocycles. The van der Waals surface area contributed by atoms with Gasteiger partial charge in [0.05, 0.1) is 6.42 Å². The molecule has 0 fully saturated rings. The van der Waals surface area contributed by atoms with Crippen molar-refractivity contribution in [3.8, 4) is 0 Å². The number of benzene rings is 1. The molecule has 1 aromatic rings. The molecule has 102 valence electrons. The summed E-state index contributed by atoms with van der Waals surface area (Å²) in [6.45, 7) is 1.32. The average Bonchev–Trinajstić information content (AvgIpc) is 2.75. The van der Waals surface area contributed by atoms with Crippen LogP contribution in [0, 0.1) is 0 Å². The van der Waals surface area contributed by atoms with Crippen molar-refractivity contribution in [3.63, 3.8) is 0 Å². The summed E-state index contributed by atoms with van der Waals surface area (Å²) in [5.74, 6) is 0.111. The standard InChI is InChI=1S/C14H19N3O2/c1-15-6-5-13(18)16-7-4-10-2-3-12-11(8-10)9-14(19)17-12/h2-3,8,15H,4-7,9H2,1H3,(H,16,18)(H,17,19). The van der Waals surface area contributed by atoms with Crippen LogP contribution in [0.25, 0.3) is 0 Å². The third-order valence-electron chi connectivity index (χ3n) is 3.13. The Morgan fingerprint density at radius 3 is 3.00 bits per heavy atom. The Balaban J connectivity index is 1.79. The van der Waals surface area contributed by atoms with E-state index in [2.05, 4.69) is 16.0 Å². The number of carbonyl (C=O) groups is 2. The van der Waals surface area contributed by atoms with Crippen LogP contribution in [0.5, 0.6) is 0 Å². The molecule has 0 bridgehead atoms. The minimum atomic E-state index is 0.0486. The molecule has 0 spiro atoms. The molecule has 0 atom stereocenters. The number of carbonyl (C=O) groups excluding carboxylic acids is 2. The molecule has 0 saturated carbocycles. The molecule has 2 rings (SSSR count). The van der Waals surface area contributed by atoms with E-state index in [1.54, 1.807) is 0 Å². The number of rotatable bonds is 6. The normalized spacial score (nSPS) is 13.0. The van der Waals surface area contributed by atoms with Gasteiger partial charge in [0, 0.05) is 25.2 Å². The van der Waals surface area contributed by atoms with E-state index < -0.39 is 0 Å². The minimum absolute atomic E-state index is 0.0486. The largest absolute Gasteiger partial charge is 0.356 e. The second-order valence-corrected chi connectivity index (χ2v) is 4.67. The molecule has 0 aromatic heterocycles. The Morgan fingerprint density at radius 1 is 1.37 bits per heavy atom. The highest BCUT2D eigenvalue weighted by molar-refractivity contribution is 5.99. The lowest BCUT2D eigenvalue weighted by Crippen LogP contribution is -2.28. The second-order valence-electron chi connectivity index (χ2n) is 4.67. The van der Waals surface area contributed by atoms with Gasteiger partial charge in [-0.05, 0) is 30.7 Å². The predicted molar refractivity (Wildman–Crippen MR) is 74.0 cm³/mol. The molecular formula is C14H19N3O2. The topological polar surface area (TPSA) is 70.2 Å². The van der Waals surface area contributed by atoms with E-state index in [0.29, 0.717) is 25.9 Å². The quantitative estimate of drug-likeness (QED) is 0.696. The van der Waals surface area contributed by atoms with Crippen LogP contribution in [0.15, 0.2) is 18.2 Å². The zero-order valence-corrected chi connectivity index (χ0v) is 11.1. The number of anilines is 1. The van der Waals surface area contributed by atoms with Gasteiger partial charge in [0.25, 0.3) is 0 Å². The first kappa shape index (κ1) is 13.5. The van der Waals surface area contributed by atoms with Crippen LogP contribution in [0.2, 0.25) is 0 Å². The van der Waals surface area contributed by atoms with Gasteiger partial charge in [0.1, 0.15) is 0 Å². The summed E-state index contributed by atoms with van der Waals surface area (Å²) in [6.07, 6.45) is 1.74. The van der Waals surface area contributed by atoms with Crippen LogP contribution < -0.4 is 16.0 Å². The Kier molecular flexibility index (Phi) is 4.52. The van der Waals surface area contributed by atoms with Gasteiger partial charge >= 0.3 is 0 Å². The van der Waals surface area contributed by atoms with Gasteiger partial charge in [-0.1, -0.05) is 12.1 Å². The molecule has 3 N–H and O–H groups in total. The summed E-state index contributed by atoms with van der Waals surface area (Å²) in [6, 6.07) is 5.95. The molecule has 1 aromatic carbocycles. The molecule has 0 unspecified atom stereocenters. The summed E-state index contributed by atoms with van der Waals surface area (Å²) in [7, 11) is 1.83. The van der Waals surface area contributed by atoms with Crippen molar-refractivity contribution in [1.82, 2.24) is 10.6 Å². The van der Waals surface area contributed by atoms with Gasteiger partial charge < -0.3 is 16.0 Å². The van der Waals surface area contributed by atoms with Gasteiger partial charge in [-0.2, -0.15) is 0 Å². The van der Waals surface area contributed by atoms with Crippen molar-refractivity contribution in [1.29, 1.82) is 0 Å². The Bertz CT molecular complexity index is 486. The summed E-state index contributed by atoms with van der Waals surface area (Å²) < 4.78 is 0. The van der Waals surface area contributed by atoms with Crippen molar-refractivity contribution in [3.05, 3.63) is 29.3 Å². The smallest absolute Gasteiger partial charge is 0.228 e. The highest BCUT2D eigenvalue weighted by atomic mass is 16.2. The Hall–Kier alpha value is -1.88. The van der Waals surface area contributed by atoms with Crippen LogP contribution >= 0.6 is 0 Å². The number of amides is 2. The number of hydrogen-bond donors (Lipinski definition) is 3. The van der Waals surface area contributed by atoms with E-state index in [4.69, 9.17) is 0 Å². The fourth-order valence-electron chi connectivity index (χ4n) is 2.11. The van der Waals surface area contributed by atoms with Crippen LogP contribution in [0.1, 0.15) is 17.5 Å². The maximum absolute atomic E-state index is 11.4. The zero-order chi connectivity index (χ0) is 13.7. The number of nitrogens with one attached hydrogen (secondary N) is 3. The second kappa shape index (κ2) is 6.33. The summed E-state index contributed by atoms with van der Waals surface area (Å²) in [4.78, 5) is 22.7. The van der Waals surface area contributed by atoms with Crippen molar-refractivity contribution in [2.24, 2.45) is 0 Å². The van der Waals surface area contributed by atoms with Crippen LogP contribution in [-0.4, -0.2) is 32.0 Å². The third kappa shape index (κ3) is 3.79. The van der Waals surface area contributed by atoms with E-state index in [-0.39, 0.29) is 11.8 Å². The summed E-state index contributed by atoms with van der Waals surface area (Å²) in [5.41, 5.74) is 3.10. The fraction of sp³-hybridized carbons (Fsp3) is 0.429. The zero-order valence-electron chi connectivity index (χ0n) is 11.1. The first-order chi connectivity index (χ1) is 9.19. The molecule has 19 heavy (non-hydrogen) atoms. The van der Waals surface area contributed by atoms with Crippen molar-refractivity contribution < 1.29 is 9.59 Å². The van der Waals surface area contributed by atoms with E-state index >= 15 is 0 Å². The third-order valence-corrected chi connectivity index (χ3v) is 3.13.